The highest BCUT2D eigenvalue weighted by Gasteiger charge is 2.14. The predicted molar refractivity (Wildman–Crippen MR) is 118 cm³/mol. The lowest BCUT2D eigenvalue weighted by Gasteiger charge is -2.14. The molecule has 0 atom stereocenters. The minimum Gasteiger partial charge on any atom is -0.508 e. The van der Waals surface area contributed by atoms with Crippen LogP contribution in [0, 0.1) is 22.7 Å². The van der Waals surface area contributed by atoms with Crippen LogP contribution in [0.4, 0.5) is 0 Å². The Labute approximate surface area is 185 Å². The van der Waals surface area contributed by atoms with Gasteiger partial charge in [-0.1, -0.05) is 36.4 Å². The molecule has 32 heavy (non-hydrogen) atoms. The number of allylic oxidation sites excluding steroid dienone is 6. The first-order valence-electron chi connectivity index (χ1n) is 9.17. The number of rotatable bonds is 5. The molecule has 2 aromatic rings. The van der Waals surface area contributed by atoms with E-state index in [1.807, 2.05) is 12.1 Å². The van der Waals surface area contributed by atoms with Gasteiger partial charge in [0.15, 0.2) is 0 Å². The second-order valence-corrected chi connectivity index (χ2v) is 7.91. The molecule has 0 spiro atoms. The first-order valence-corrected chi connectivity index (χ1v) is 10.6. The number of phenols is 1. The maximum absolute atomic E-state index is 11.6. The van der Waals surface area contributed by atoms with E-state index in [0.29, 0.717) is 11.3 Å². The van der Waals surface area contributed by atoms with Crippen molar-refractivity contribution in [2.45, 2.75) is 4.90 Å². The summed E-state index contributed by atoms with van der Waals surface area (Å²) in [5, 5.41) is 27.9. The van der Waals surface area contributed by atoms with E-state index in [0.717, 1.165) is 5.56 Å². The number of benzene rings is 2. The van der Waals surface area contributed by atoms with E-state index in [4.69, 9.17) is 4.74 Å². The van der Waals surface area contributed by atoms with Crippen LogP contribution in [-0.2, 0) is 14.9 Å². The van der Waals surface area contributed by atoms with Gasteiger partial charge in [-0.3, -0.25) is 4.55 Å². The molecule has 158 valence electrons. The average molecular weight is 444 g/mol. The van der Waals surface area contributed by atoms with E-state index in [1.54, 1.807) is 30.4 Å². The molecule has 1 heterocycles. The second-order valence-electron chi connectivity index (χ2n) is 6.52. The van der Waals surface area contributed by atoms with Gasteiger partial charge in [0, 0.05) is 5.57 Å². The van der Waals surface area contributed by atoms with Crippen LogP contribution in [0.1, 0.15) is 11.1 Å². The zero-order valence-electron chi connectivity index (χ0n) is 16.5. The van der Waals surface area contributed by atoms with Gasteiger partial charge in [-0.05, 0) is 59.7 Å². The van der Waals surface area contributed by atoms with Crippen molar-refractivity contribution in [3.63, 3.8) is 0 Å². The normalized spacial score (nSPS) is 13.8. The van der Waals surface area contributed by atoms with Gasteiger partial charge in [0.1, 0.15) is 39.9 Å². The van der Waals surface area contributed by atoms with Crippen LogP contribution >= 0.6 is 0 Å². The van der Waals surface area contributed by atoms with Crippen molar-refractivity contribution in [1.82, 2.24) is 0 Å². The Kier molecular flexibility index (Phi) is 6.71. The quantitative estimate of drug-likeness (QED) is 0.512. The number of hydrogen-bond donors (Lipinski definition) is 2. The molecule has 1 aliphatic rings. The van der Waals surface area contributed by atoms with Crippen molar-refractivity contribution in [2.75, 3.05) is 0 Å². The molecule has 0 bridgehead atoms. The monoisotopic (exact) mass is 444 g/mol. The Hall–Kier alpha value is -4.37. The topological polar surface area (TPSA) is 131 Å². The van der Waals surface area contributed by atoms with Crippen LogP contribution in [0.2, 0.25) is 0 Å². The first-order chi connectivity index (χ1) is 15.3. The summed E-state index contributed by atoms with van der Waals surface area (Å²) in [7, 11) is -4.42. The Morgan fingerprint density at radius 2 is 1.47 bits per heavy atom. The standard InChI is InChI=1S/C24H16N2O5S/c25-15-20(16-26)19-13-22(11-7-17-5-9-21(27)10-6-17)31-23(14-19)12-8-18-3-1-2-4-24(18)32(28,29)30/h1-14,27H,(H,28,29,30)/b11-7+,12-8+. The summed E-state index contributed by atoms with van der Waals surface area (Å²) in [5.74, 6) is 0.719. The van der Waals surface area contributed by atoms with E-state index in [1.165, 1.54) is 54.6 Å². The molecule has 3 rings (SSSR count). The van der Waals surface area contributed by atoms with Crippen LogP contribution in [-0.4, -0.2) is 18.1 Å². The third kappa shape index (κ3) is 5.61. The summed E-state index contributed by atoms with van der Waals surface area (Å²) in [6.45, 7) is 0. The molecular weight excluding hydrogens is 428 g/mol. The van der Waals surface area contributed by atoms with Gasteiger partial charge in [-0.25, -0.2) is 0 Å². The van der Waals surface area contributed by atoms with Gasteiger partial charge < -0.3 is 9.84 Å². The number of ether oxygens (including phenoxy) is 1. The lowest BCUT2D eigenvalue weighted by atomic mass is 10.1. The highest BCUT2D eigenvalue weighted by atomic mass is 32.2. The number of phenolic OH excluding ortho intramolecular Hbond substituents is 1. The number of aromatic hydroxyl groups is 1. The molecule has 0 saturated carbocycles. The van der Waals surface area contributed by atoms with E-state index >= 15 is 0 Å². The zero-order chi connectivity index (χ0) is 23.1. The maximum Gasteiger partial charge on any atom is 0.295 e. The molecule has 0 unspecified atom stereocenters. The lowest BCUT2D eigenvalue weighted by Crippen LogP contribution is -2.01. The third-order valence-corrected chi connectivity index (χ3v) is 5.23. The molecule has 8 heteroatoms. The Balaban J connectivity index is 1.96. The summed E-state index contributed by atoms with van der Waals surface area (Å²) in [5.41, 5.74) is 1.23. The first kappa shape index (κ1) is 22.3. The largest absolute Gasteiger partial charge is 0.508 e. The highest BCUT2D eigenvalue weighted by Crippen LogP contribution is 2.25. The molecule has 2 aromatic carbocycles. The van der Waals surface area contributed by atoms with Gasteiger partial charge in [-0.15, -0.1) is 0 Å². The molecule has 0 saturated heterocycles. The summed E-state index contributed by atoms with van der Waals surface area (Å²) in [4.78, 5) is -0.263. The van der Waals surface area contributed by atoms with Crippen molar-refractivity contribution in [1.29, 1.82) is 10.5 Å². The van der Waals surface area contributed by atoms with Crippen LogP contribution < -0.4 is 0 Å². The van der Waals surface area contributed by atoms with Gasteiger partial charge in [0.05, 0.1) is 0 Å². The van der Waals surface area contributed by atoms with E-state index in [-0.39, 0.29) is 27.5 Å². The van der Waals surface area contributed by atoms with Gasteiger partial charge in [0.2, 0.25) is 0 Å². The summed E-state index contributed by atoms with van der Waals surface area (Å²) in [6.07, 6.45) is 9.27. The molecule has 0 radical (unpaired) electrons. The third-order valence-electron chi connectivity index (χ3n) is 4.30. The van der Waals surface area contributed by atoms with Gasteiger partial charge in [0.25, 0.3) is 10.1 Å². The zero-order valence-corrected chi connectivity index (χ0v) is 17.3. The van der Waals surface area contributed by atoms with E-state index in [2.05, 4.69) is 0 Å². The second kappa shape index (κ2) is 9.63. The van der Waals surface area contributed by atoms with E-state index < -0.39 is 10.1 Å². The summed E-state index contributed by atoms with van der Waals surface area (Å²) in [6, 6.07) is 16.0. The minimum atomic E-state index is -4.42. The van der Waals surface area contributed by atoms with Crippen LogP contribution in [0.5, 0.6) is 5.75 Å². The fraction of sp³-hybridized carbons (Fsp3) is 0. The molecule has 0 aromatic heterocycles. The molecule has 0 amide bonds. The molecular formula is C24H16N2O5S. The maximum atomic E-state index is 11.6. The van der Waals surface area contributed by atoms with Crippen molar-refractivity contribution in [2.24, 2.45) is 0 Å². The lowest BCUT2D eigenvalue weighted by molar-refractivity contribution is 0.332. The van der Waals surface area contributed by atoms with E-state index in [9.17, 15) is 28.6 Å². The van der Waals surface area contributed by atoms with Gasteiger partial charge in [-0.2, -0.15) is 18.9 Å². The molecule has 2 N–H and O–H groups in total. The number of nitriles is 2. The number of hydrogen-bond acceptors (Lipinski definition) is 6. The smallest absolute Gasteiger partial charge is 0.295 e. The van der Waals surface area contributed by atoms with Crippen LogP contribution in [0.15, 0.2) is 100 Å². The predicted octanol–water partition coefficient (Wildman–Crippen LogP) is 4.51. The van der Waals surface area contributed by atoms with Crippen molar-refractivity contribution in [3.8, 4) is 17.9 Å². The Morgan fingerprint density at radius 3 is 2.06 bits per heavy atom. The van der Waals surface area contributed by atoms with Crippen molar-refractivity contribution >= 4 is 22.3 Å². The average Bonchev–Trinajstić information content (AvgIpc) is 2.78. The molecule has 7 nitrogen and oxygen atoms in total. The fourth-order valence-corrected chi connectivity index (χ4v) is 3.48. The summed E-state index contributed by atoms with van der Waals surface area (Å²) >= 11 is 0. The van der Waals surface area contributed by atoms with Crippen molar-refractivity contribution in [3.05, 3.63) is 107 Å². The van der Waals surface area contributed by atoms with Gasteiger partial charge >= 0.3 is 0 Å². The Morgan fingerprint density at radius 1 is 0.875 bits per heavy atom. The van der Waals surface area contributed by atoms with Crippen LogP contribution in [0.3, 0.4) is 0 Å². The highest BCUT2D eigenvalue weighted by molar-refractivity contribution is 7.85. The Bertz CT molecular complexity index is 1370. The summed E-state index contributed by atoms with van der Waals surface area (Å²) < 4.78 is 38.3. The fourth-order valence-electron chi connectivity index (χ4n) is 2.79. The number of nitrogens with zero attached hydrogens (tertiary/aromatic N) is 2. The molecule has 0 fully saturated rings. The SMILES string of the molecule is N#CC(C#N)=C1C=C(/C=C/c2ccc(O)cc2)OC(/C=C/c2ccccc2S(=O)(=O)O)=C1. The van der Waals surface area contributed by atoms with Crippen LogP contribution in [0.25, 0.3) is 12.2 Å². The molecule has 0 aliphatic carbocycles. The molecule has 1 aliphatic heterocycles. The minimum absolute atomic E-state index is 0.118. The van der Waals surface area contributed by atoms with Crippen molar-refractivity contribution < 1.29 is 22.8 Å².